The van der Waals surface area contributed by atoms with Crippen molar-refractivity contribution in [1.82, 2.24) is 5.32 Å². The van der Waals surface area contributed by atoms with Crippen molar-refractivity contribution in [3.8, 4) is 5.75 Å². The van der Waals surface area contributed by atoms with E-state index in [0.717, 1.165) is 40.3 Å². The van der Waals surface area contributed by atoms with Gasteiger partial charge in [0.1, 0.15) is 17.2 Å². The van der Waals surface area contributed by atoms with Crippen molar-refractivity contribution in [3.63, 3.8) is 0 Å². The Hall–Kier alpha value is -3.03. The van der Waals surface area contributed by atoms with E-state index in [1.54, 1.807) is 43.3 Å². The number of ether oxygens (including phenoxy) is 1. The summed E-state index contributed by atoms with van der Waals surface area (Å²) in [5, 5.41) is 3.47. The minimum atomic E-state index is -4.16. The van der Waals surface area contributed by atoms with Crippen LogP contribution in [-0.2, 0) is 21.2 Å². The van der Waals surface area contributed by atoms with Crippen LogP contribution in [0.25, 0.3) is 0 Å². The number of benzene rings is 3. The monoisotopic (exact) mass is 512 g/mol. The Balaban J connectivity index is 1.70. The highest BCUT2D eigenvalue weighted by molar-refractivity contribution is 7.93. The number of methoxy groups -OCH3 is 1. The van der Waals surface area contributed by atoms with Gasteiger partial charge in [-0.15, -0.1) is 0 Å². The number of halogens is 1. The summed E-state index contributed by atoms with van der Waals surface area (Å²) in [6.07, 6.45) is 2.73. The molecule has 6 nitrogen and oxygen atoms in total. The first kappa shape index (κ1) is 25.1. The number of sulfonamides is 1. The first-order chi connectivity index (χ1) is 16.7. The van der Waals surface area contributed by atoms with E-state index in [4.69, 9.17) is 16.3 Å². The molecular formula is C27H29ClN2O4S. The minimum Gasteiger partial charge on any atom is -0.495 e. The molecule has 0 saturated heterocycles. The predicted octanol–water partition coefficient (Wildman–Crippen LogP) is 5.35. The number of amides is 1. The Morgan fingerprint density at radius 3 is 2.63 bits per heavy atom. The van der Waals surface area contributed by atoms with Gasteiger partial charge >= 0.3 is 0 Å². The summed E-state index contributed by atoms with van der Waals surface area (Å²) in [7, 11) is -2.74. The lowest BCUT2D eigenvalue weighted by Crippen LogP contribution is -2.42. The summed E-state index contributed by atoms with van der Waals surface area (Å²) in [5.74, 6) is -0.181. The van der Waals surface area contributed by atoms with Crippen molar-refractivity contribution < 1.29 is 17.9 Å². The number of nitrogens with one attached hydrogen (secondary N) is 1. The molecule has 0 saturated carbocycles. The third-order valence-corrected chi connectivity index (χ3v) is 8.52. The number of nitrogens with zero attached hydrogens (tertiary/aromatic N) is 1. The van der Waals surface area contributed by atoms with E-state index in [9.17, 15) is 13.2 Å². The van der Waals surface area contributed by atoms with Gasteiger partial charge in [-0.25, -0.2) is 8.42 Å². The standard InChI is InChI=1S/C27H29ClN2O4S/c1-18-11-14-25(34-3)26(15-18)35(32,33)30(21-13-12-19(2)23(28)16-21)17-27(31)29-24-10-6-8-20-7-4-5-9-22(20)24/h4-5,7,9,11-16,24H,6,8,10,17H2,1-3H3,(H,29,31)/t24-/m0/s1. The smallest absolute Gasteiger partial charge is 0.268 e. The van der Waals surface area contributed by atoms with E-state index >= 15 is 0 Å². The van der Waals surface area contributed by atoms with Crippen LogP contribution in [0.2, 0.25) is 5.02 Å². The van der Waals surface area contributed by atoms with E-state index in [1.807, 2.05) is 25.1 Å². The van der Waals surface area contributed by atoms with Crippen LogP contribution in [0.5, 0.6) is 5.75 Å². The molecule has 0 bridgehead atoms. The number of carbonyl (C=O) groups excluding carboxylic acids is 1. The van der Waals surface area contributed by atoms with E-state index in [0.29, 0.717) is 10.7 Å². The van der Waals surface area contributed by atoms with Gasteiger partial charge in [0.05, 0.1) is 18.8 Å². The maximum atomic E-state index is 13.9. The molecule has 1 amide bonds. The Morgan fingerprint density at radius 1 is 1.11 bits per heavy atom. The topological polar surface area (TPSA) is 75.7 Å². The summed E-state index contributed by atoms with van der Waals surface area (Å²) < 4.78 is 34.3. The van der Waals surface area contributed by atoms with Crippen molar-refractivity contribution in [1.29, 1.82) is 0 Å². The summed E-state index contributed by atoms with van der Waals surface area (Å²) in [6, 6.07) is 17.8. The predicted molar refractivity (Wildman–Crippen MR) is 139 cm³/mol. The molecular weight excluding hydrogens is 484 g/mol. The molecule has 0 aromatic heterocycles. The second kappa shape index (κ2) is 10.3. The van der Waals surface area contributed by atoms with Crippen LogP contribution >= 0.6 is 11.6 Å². The zero-order valence-corrected chi connectivity index (χ0v) is 21.6. The molecule has 8 heteroatoms. The molecule has 0 spiro atoms. The lowest BCUT2D eigenvalue weighted by molar-refractivity contribution is -0.120. The lowest BCUT2D eigenvalue weighted by atomic mass is 9.88. The highest BCUT2D eigenvalue weighted by Gasteiger charge is 2.31. The average Bonchev–Trinajstić information content (AvgIpc) is 2.84. The molecule has 4 rings (SSSR count). The molecule has 1 aliphatic rings. The third-order valence-electron chi connectivity index (χ3n) is 6.32. The Bertz CT molecular complexity index is 1360. The molecule has 35 heavy (non-hydrogen) atoms. The van der Waals surface area contributed by atoms with Gasteiger partial charge in [-0.3, -0.25) is 9.10 Å². The number of hydrogen-bond acceptors (Lipinski definition) is 4. The van der Waals surface area contributed by atoms with Crippen molar-refractivity contribution >= 4 is 33.2 Å². The fraction of sp³-hybridized carbons (Fsp3) is 0.296. The van der Waals surface area contributed by atoms with Crippen LogP contribution in [0.1, 0.15) is 41.1 Å². The largest absolute Gasteiger partial charge is 0.495 e. The molecule has 0 aliphatic heterocycles. The van der Waals surface area contributed by atoms with Crippen molar-refractivity contribution in [2.24, 2.45) is 0 Å². The lowest BCUT2D eigenvalue weighted by Gasteiger charge is -2.29. The molecule has 0 radical (unpaired) electrons. The van der Waals surface area contributed by atoms with Crippen LogP contribution in [0.4, 0.5) is 5.69 Å². The third kappa shape index (κ3) is 5.31. The maximum absolute atomic E-state index is 13.9. The Labute approximate surface area is 211 Å². The molecule has 0 heterocycles. The summed E-state index contributed by atoms with van der Waals surface area (Å²) >= 11 is 6.34. The van der Waals surface area contributed by atoms with E-state index in [-0.39, 0.29) is 16.7 Å². The molecule has 0 fully saturated rings. The molecule has 0 unspecified atom stereocenters. The molecule has 1 N–H and O–H groups in total. The second-order valence-corrected chi connectivity index (χ2v) is 11.0. The molecule has 3 aromatic carbocycles. The number of anilines is 1. The first-order valence-corrected chi connectivity index (χ1v) is 13.3. The summed E-state index contributed by atoms with van der Waals surface area (Å²) in [4.78, 5) is 13.3. The fourth-order valence-corrected chi connectivity index (χ4v) is 6.26. The molecule has 3 aromatic rings. The van der Waals surface area contributed by atoms with Gasteiger partial charge in [0, 0.05) is 5.02 Å². The highest BCUT2D eigenvalue weighted by Crippen LogP contribution is 2.33. The highest BCUT2D eigenvalue weighted by atomic mass is 35.5. The molecule has 1 atom stereocenters. The molecule has 184 valence electrons. The average molecular weight is 513 g/mol. The van der Waals surface area contributed by atoms with Crippen LogP contribution in [0.3, 0.4) is 0 Å². The van der Waals surface area contributed by atoms with Crippen molar-refractivity contribution in [3.05, 3.63) is 87.9 Å². The van der Waals surface area contributed by atoms with Crippen LogP contribution in [-0.4, -0.2) is 28.0 Å². The van der Waals surface area contributed by atoms with Crippen molar-refractivity contribution in [2.45, 2.75) is 44.0 Å². The van der Waals surface area contributed by atoms with Gasteiger partial charge in [-0.2, -0.15) is 0 Å². The first-order valence-electron chi connectivity index (χ1n) is 11.5. The number of fused-ring (bicyclic) bond motifs is 1. The normalized spacial score (nSPS) is 15.3. The number of aryl methyl sites for hydroxylation is 3. The van der Waals surface area contributed by atoms with Gasteiger partial charge in [-0.1, -0.05) is 48.0 Å². The second-order valence-electron chi connectivity index (χ2n) is 8.81. The van der Waals surface area contributed by atoms with Crippen molar-refractivity contribution in [2.75, 3.05) is 18.0 Å². The maximum Gasteiger partial charge on any atom is 0.268 e. The van der Waals surface area contributed by atoms with E-state index < -0.39 is 22.5 Å². The SMILES string of the molecule is COc1ccc(C)cc1S(=O)(=O)N(CC(=O)N[C@H]1CCCc2ccccc21)c1ccc(C)c(Cl)c1. The van der Waals surface area contributed by atoms with Crippen LogP contribution in [0.15, 0.2) is 65.6 Å². The summed E-state index contributed by atoms with van der Waals surface area (Å²) in [6.45, 7) is 3.25. The van der Waals surface area contributed by atoms with Gasteiger partial charge in [0.2, 0.25) is 5.91 Å². The van der Waals surface area contributed by atoms with Gasteiger partial charge in [0.15, 0.2) is 0 Å². The zero-order chi connectivity index (χ0) is 25.2. The Morgan fingerprint density at radius 2 is 1.89 bits per heavy atom. The van der Waals surface area contributed by atoms with Gasteiger partial charge in [-0.05, 0) is 79.6 Å². The van der Waals surface area contributed by atoms with E-state index in [1.165, 1.54) is 12.7 Å². The number of carbonyl (C=O) groups is 1. The van der Waals surface area contributed by atoms with Gasteiger partial charge in [0.25, 0.3) is 10.0 Å². The minimum absolute atomic E-state index is 0.00694. The van der Waals surface area contributed by atoms with E-state index in [2.05, 4.69) is 11.4 Å². The number of hydrogen-bond donors (Lipinski definition) is 1. The van der Waals surface area contributed by atoms with Crippen LogP contribution < -0.4 is 14.4 Å². The zero-order valence-electron chi connectivity index (χ0n) is 20.0. The fourth-order valence-electron chi connectivity index (χ4n) is 4.43. The molecule has 1 aliphatic carbocycles. The Kier molecular flexibility index (Phi) is 7.38. The van der Waals surface area contributed by atoms with Gasteiger partial charge < -0.3 is 10.1 Å². The number of rotatable bonds is 7. The summed E-state index contributed by atoms with van der Waals surface area (Å²) in [5.41, 5.74) is 4.17. The van der Waals surface area contributed by atoms with Crippen LogP contribution in [0, 0.1) is 13.8 Å². The quantitative estimate of drug-likeness (QED) is 0.462.